The van der Waals surface area contributed by atoms with E-state index >= 15 is 0 Å². The molecule has 104 valence electrons. The fourth-order valence-electron chi connectivity index (χ4n) is 2.08. The average molecular weight is 278 g/mol. The third kappa shape index (κ3) is 2.84. The van der Waals surface area contributed by atoms with Crippen LogP contribution in [0.15, 0.2) is 70.4 Å². The van der Waals surface area contributed by atoms with Gasteiger partial charge in [-0.3, -0.25) is 4.79 Å². The summed E-state index contributed by atoms with van der Waals surface area (Å²) in [6, 6.07) is 17.4. The van der Waals surface area contributed by atoms with Crippen molar-refractivity contribution in [3.05, 3.63) is 72.2 Å². The summed E-state index contributed by atoms with van der Waals surface area (Å²) in [5.41, 5.74) is 4.19. The van der Waals surface area contributed by atoms with E-state index < -0.39 is 0 Å². The molecule has 4 nitrogen and oxygen atoms in total. The van der Waals surface area contributed by atoms with Gasteiger partial charge in [-0.1, -0.05) is 36.4 Å². The smallest absolute Gasteiger partial charge is 0.307 e. The monoisotopic (exact) mass is 278 g/mol. The SMILES string of the molecule is CC(=NNC(=O)c1ccco1)c1ccc2ccccc2c1. The molecule has 4 heteroatoms. The molecule has 0 saturated heterocycles. The molecule has 21 heavy (non-hydrogen) atoms. The van der Waals surface area contributed by atoms with Crippen LogP contribution >= 0.6 is 0 Å². The minimum atomic E-state index is -0.361. The highest BCUT2D eigenvalue weighted by Gasteiger charge is 2.07. The van der Waals surface area contributed by atoms with Gasteiger partial charge in [-0.15, -0.1) is 0 Å². The van der Waals surface area contributed by atoms with E-state index in [0.717, 1.165) is 16.7 Å². The molecule has 0 aliphatic carbocycles. The van der Waals surface area contributed by atoms with Gasteiger partial charge in [-0.05, 0) is 41.5 Å². The summed E-state index contributed by atoms with van der Waals surface area (Å²) < 4.78 is 5.01. The Kier molecular flexibility index (Phi) is 3.51. The lowest BCUT2D eigenvalue weighted by atomic mass is 10.0. The van der Waals surface area contributed by atoms with Crippen molar-refractivity contribution in [2.75, 3.05) is 0 Å². The summed E-state index contributed by atoms with van der Waals surface area (Å²) in [6.45, 7) is 1.85. The van der Waals surface area contributed by atoms with Crippen LogP contribution in [0.5, 0.6) is 0 Å². The Morgan fingerprint density at radius 3 is 2.62 bits per heavy atom. The number of amides is 1. The zero-order chi connectivity index (χ0) is 14.7. The van der Waals surface area contributed by atoms with E-state index in [1.165, 1.54) is 11.6 Å². The van der Waals surface area contributed by atoms with Crippen LogP contribution in [0.1, 0.15) is 23.0 Å². The Morgan fingerprint density at radius 1 is 1.05 bits per heavy atom. The second-order valence-corrected chi connectivity index (χ2v) is 4.68. The summed E-state index contributed by atoms with van der Waals surface area (Å²) in [4.78, 5) is 11.7. The van der Waals surface area contributed by atoms with E-state index in [-0.39, 0.29) is 11.7 Å². The molecular formula is C17H14N2O2. The number of rotatable bonds is 3. The largest absolute Gasteiger partial charge is 0.459 e. The molecule has 0 bridgehead atoms. The molecule has 0 aliphatic heterocycles. The predicted molar refractivity (Wildman–Crippen MR) is 82.3 cm³/mol. The number of hydrogen-bond donors (Lipinski definition) is 1. The van der Waals surface area contributed by atoms with E-state index in [0.29, 0.717) is 0 Å². The van der Waals surface area contributed by atoms with E-state index in [9.17, 15) is 4.79 Å². The highest BCUT2D eigenvalue weighted by molar-refractivity contribution is 6.03. The summed E-state index contributed by atoms with van der Waals surface area (Å²) >= 11 is 0. The molecule has 1 heterocycles. The molecule has 0 radical (unpaired) electrons. The minimum Gasteiger partial charge on any atom is -0.459 e. The van der Waals surface area contributed by atoms with Gasteiger partial charge < -0.3 is 4.42 Å². The number of benzene rings is 2. The Morgan fingerprint density at radius 2 is 1.86 bits per heavy atom. The highest BCUT2D eigenvalue weighted by Crippen LogP contribution is 2.16. The van der Waals surface area contributed by atoms with Crippen LogP contribution in [0.2, 0.25) is 0 Å². The fourth-order valence-corrected chi connectivity index (χ4v) is 2.08. The van der Waals surface area contributed by atoms with Gasteiger partial charge in [0.1, 0.15) is 0 Å². The van der Waals surface area contributed by atoms with E-state index in [1.54, 1.807) is 12.1 Å². The van der Waals surface area contributed by atoms with Crippen molar-refractivity contribution in [1.82, 2.24) is 5.43 Å². The molecule has 1 aromatic heterocycles. The van der Waals surface area contributed by atoms with Crippen LogP contribution < -0.4 is 5.43 Å². The quantitative estimate of drug-likeness (QED) is 0.588. The average Bonchev–Trinajstić information content (AvgIpc) is 3.06. The molecule has 0 atom stereocenters. The van der Waals surface area contributed by atoms with E-state index in [1.807, 2.05) is 43.3 Å². The Hall–Kier alpha value is -2.88. The fraction of sp³-hybridized carbons (Fsp3) is 0.0588. The lowest BCUT2D eigenvalue weighted by molar-refractivity contribution is 0.0927. The van der Waals surface area contributed by atoms with Gasteiger partial charge in [0.25, 0.3) is 0 Å². The van der Waals surface area contributed by atoms with Gasteiger partial charge in [-0.25, -0.2) is 5.43 Å². The zero-order valence-corrected chi connectivity index (χ0v) is 11.5. The normalized spacial score (nSPS) is 11.6. The van der Waals surface area contributed by atoms with Crippen LogP contribution in [-0.4, -0.2) is 11.6 Å². The van der Waals surface area contributed by atoms with Crippen molar-refractivity contribution in [3.63, 3.8) is 0 Å². The maximum Gasteiger partial charge on any atom is 0.307 e. The number of carbonyl (C=O) groups is 1. The van der Waals surface area contributed by atoms with E-state index in [4.69, 9.17) is 4.42 Å². The predicted octanol–water partition coefficient (Wildman–Crippen LogP) is 3.59. The second kappa shape index (κ2) is 5.63. The minimum absolute atomic E-state index is 0.241. The van der Waals surface area contributed by atoms with Gasteiger partial charge in [0, 0.05) is 0 Å². The van der Waals surface area contributed by atoms with Gasteiger partial charge in [0.15, 0.2) is 5.76 Å². The summed E-state index contributed by atoms with van der Waals surface area (Å²) in [5, 5.41) is 6.43. The molecule has 3 aromatic rings. The van der Waals surface area contributed by atoms with Crippen molar-refractivity contribution in [2.45, 2.75) is 6.92 Å². The molecule has 2 aromatic carbocycles. The second-order valence-electron chi connectivity index (χ2n) is 4.68. The number of furan rings is 1. The van der Waals surface area contributed by atoms with Crippen LogP contribution in [0.25, 0.3) is 10.8 Å². The lowest BCUT2D eigenvalue weighted by Crippen LogP contribution is -2.18. The van der Waals surface area contributed by atoms with Crippen LogP contribution in [0.3, 0.4) is 0 Å². The van der Waals surface area contributed by atoms with Crippen LogP contribution in [-0.2, 0) is 0 Å². The Balaban J connectivity index is 1.81. The zero-order valence-electron chi connectivity index (χ0n) is 11.5. The molecule has 1 N–H and O–H groups in total. The summed E-state index contributed by atoms with van der Waals surface area (Å²) in [6.07, 6.45) is 1.45. The first kappa shape index (κ1) is 13.1. The number of hydrazone groups is 1. The summed E-state index contributed by atoms with van der Waals surface area (Å²) in [5.74, 6) is -0.120. The Bertz CT molecular complexity index is 805. The molecule has 0 fully saturated rings. The van der Waals surface area contributed by atoms with E-state index in [2.05, 4.69) is 16.6 Å². The van der Waals surface area contributed by atoms with Crippen molar-refractivity contribution >= 4 is 22.4 Å². The molecule has 3 rings (SSSR count). The molecule has 0 unspecified atom stereocenters. The van der Waals surface area contributed by atoms with Gasteiger partial charge in [0.05, 0.1) is 12.0 Å². The van der Waals surface area contributed by atoms with Crippen molar-refractivity contribution < 1.29 is 9.21 Å². The number of hydrogen-bond acceptors (Lipinski definition) is 3. The molecule has 1 amide bonds. The number of nitrogens with one attached hydrogen (secondary N) is 1. The van der Waals surface area contributed by atoms with Gasteiger partial charge in [-0.2, -0.15) is 5.10 Å². The molecular weight excluding hydrogens is 264 g/mol. The van der Waals surface area contributed by atoms with Crippen molar-refractivity contribution in [3.8, 4) is 0 Å². The topological polar surface area (TPSA) is 54.6 Å². The van der Waals surface area contributed by atoms with Crippen LogP contribution in [0.4, 0.5) is 0 Å². The van der Waals surface area contributed by atoms with Crippen molar-refractivity contribution in [2.24, 2.45) is 5.10 Å². The third-order valence-electron chi connectivity index (χ3n) is 3.24. The Labute approximate surface area is 122 Å². The van der Waals surface area contributed by atoms with Crippen LogP contribution in [0, 0.1) is 0 Å². The molecule has 0 aliphatic rings. The maximum atomic E-state index is 11.7. The number of fused-ring (bicyclic) bond motifs is 1. The standard InChI is InChI=1S/C17H14N2O2/c1-12(18-19-17(20)16-7-4-10-21-16)14-9-8-13-5-2-3-6-15(13)11-14/h2-11H,1H3,(H,19,20). The lowest BCUT2D eigenvalue weighted by Gasteiger charge is -2.04. The molecule has 0 spiro atoms. The maximum absolute atomic E-state index is 11.7. The first-order valence-corrected chi connectivity index (χ1v) is 6.61. The van der Waals surface area contributed by atoms with Gasteiger partial charge >= 0.3 is 5.91 Å². The van der Waals surface area contributed by atoms with Gasteiger partial charge in [0.2, 0.25) is 0 Å². The highest BCUT2D eigenvalue weighted by atomic mass is 16.3. The molecule has 0 saturated carbocycles. The number of carbonyl (C=O) groups excluding carboxylic acids is 1. The first-order valence-electron chi connectivity index (χ1n) is 6.61. The summed E-state index contributed by atoms with van der Waals surface area (Å²) in [7, 11) is 0. The first-order chi connectivity index (χ1) is 10.2. The van der Waals surface area contributed by atoms with Crippen molar-refractivity contribution in [1.29, 1.82) is 0 Å². The number of nitrogens with zero attached hydrogens (tertiary/aromatic N) is 1. The third-order valence-corrected chi connectivity index (χ3v) is 3.24.